The number of nitrogens with one attached hydrogen (secondary N) is 1. The third kappa shape index (κ3) is 6.22. The van der Waals surface area contributed by atoms with E-state index >= 15 is 0 Å². The normalized spacial score (nSPS) is 15.8. The van der Waals surface area contributed by atoms with Gasteiger partial charge in [-0.15, -0.1) is 0 Å². The van der Waals surface area contributed by atoms with Gasteiger partial charge in [0.05, 0.1) is 11.6 Å². The molecule has 1 N–H and O–H groups in total. The number of hydrogen-bond donors (Lipinski definition) is 1. The molecule has 1 aliphatic carbocycles. The molecule has 1 aromatic heterocycles. The number of hydrogen-bond acceptors (Lipinski definition) is 4. The molecule has 3 rings (SSSR count). The van der Waals surface area contributed by atoms with Crippen LogP contribution in [0.2, 0.25) is 0 Å². The van der Waals surface area contributed by atoms with Crippen LogP contribution in [0.25, 0.3) is 0 Å². The molecule has 1 saturated carbocycles. The summed E-state index contributed by atoms with van der Waals surface area (Å²) in [6.07, 6.45) is 13.0. The Labute approximate surface area is 170 Å². The Morgan fingerprint density at radius 2 is 1.89 bits per heavy atom. The first-order valence-corrected chi connectivity index (χ1v) is 10.7. The molecule has 1 aromatic carbocycles. The van der Waals surface area contributed by atoms with Gasteiger partial charge in [0, 0.05) is 30.5 Å². The summed E-state index contributed by atoms with van der Waals surface area (Å²) < 4.78 is 12.5. The van der Waals surface area contributed by atoms with Gasteiger partial charge >= 0.3 is 0 Å². The first-order valence-electron chi connectivity index (χ1n) is 9.88. The van der Waals surface area contributed by atoms with Gasteiger partial charge in [-0.25, -0.2) is 0 Å². The molecule has 4 nitrogen and oxygen atoms in total. The van der Waals surface area contributed by atoms with Gasteiger partial charge in [0.1, 0.15) is 6.61 Å². The molecule has 0 radical (unpaired) electrons. The van der Waals surface area contributed by atoms with Crippen molar-refractivity contribution in [3.8, 4) is 11.5 Å². The number of benzene rings is 1. The number of ether oxygens (including phenoxy) is 2. The van der Waals surface area contributed by atoms with Gasteiger partial charge in [-0.05, 0) is 52.5 Å². The molecule has 1 fully saturated rings. The number of rotatable bonds is 7. The molecule has 5 heteroatoms. The van der Waals surface area contributed by atoms with Crippen LogP contribution >= 0.6 is 15.9 Å². The molecule has 0 unspecified atom stereocenters. The van der Waals surface area contributed by atoms with Crippen molar-refractivity contribution in [2.45, 2.75) is 64.1 Å². The van der Waals surface area contributed by atoms with Crippen LogP contribution in [0.1, 0.15) is 56.1 Å². The average molecular weight is 433 g/mol. The first-order chi connectivity index (χ1) is 13.3. The van der Waals surface area contributed by atoms with Crippen molar-refractivity contribution >= 4 is 15.9 Å². The van der Waals surface area contributed by atoms with Gasteiger partial charge in [0.2, 0.25) is 0 Å². The zero-order valence-corrected chi connectivity index (χ0v) is 17.6. The van der Waals surface area contributed by atoms with Gasteiger partial charge in [-0.1, -0.05) is 38.2 Å². The summed E-state index contributed by atoms with van der Waals surface area (Å²) in [6, 6.07) is 8.73. The predicted octanol–water partition coefficient (Wildman–Crippen LogP) is 5.63. The van der Waals surface area contributed by atoms with Crippen molar-refractivity contribution in [1.29, 1.82) is 0 Å². The summed E-state index contributed by atoms with van der Waals surface area (Å²) in [5, 5.41) is 3.74. The lowest BCUT2D eigenvalue weighted by Crippen LogP contribution is -2.29. The summed E-state index contributed by atoms with van der Waals surface area (Å²) in [5.74, 6) is 1.48. The van der Waals surface area contributed by atoms with Crippen molar-refractivity contribution in [1.82, 2.24) is 10.3 Å². The molecule has 146 valence electrons. The Kier molecular flexibility index (Phi) is 7.96. The van der Waals surface area contributed by atoms with Crippen molar-refractivity contribution in [2.75, 3.05) is 7.11 Å². The van der Waals surface area contributed by atoms with E-state index in [1.807, 2.05) is 18.3 Å². The van der Waals surface area contributed by atoms with Crippen molar-refractivity contribution in [2.24, 2.45) is 0 Å². The fourth-order valence-electron chi connectivity index (χ4n) is 3.58. The second-order valence-electron chi connectivity index (χ2n) is 7.18. The van der Waals surface area contributed by atoms with E-state index in [2.05, 4.69) is 38.4 Å². The first kappa shape index (κ1) is 20.2. The smallest absolute Gasteiger partial charge is 0.175 e. The second kappa shape index (κ2) is 10.7. The van der Waals surface area contributed by atoms with Gasteiger partial charge in [-0.2, -0.15) is 0 Å². The van der Waals surface area contributed by atoms with Crippen LogP contribution in [-0.4, -0.2) is 18.1 Å². The molecule has 2 aromatic rings. The minimum absolute atomic E-state index is 0.461. The molecule has 1 aliphatic rings. The number of nitrogens with zero attached hydrogens (tertiary/aromatic N) is 1. The molecule has 0 amide bonds. The van der Waals surface area contributed by atoms with Crippen molar-refractivity contribution in [3.05, 3.63) is 52.3 Å². The maximum atomic E-state index is 5.99. The lowest BCUT2D eigenvalue weighted by atomic mass is 9.96. The van der Waals surface area contributed by atoms with Crippen LogP contribution in [-0.2, 0) is 13.2 Å². The minimum Gasteiger partial charge on any atom is -0.493 e. The summed E-state index contributed by atoms with van der Waals surface area (Å²) in [6.45, 7) is 1.31. The Morgan fingerprint density at radius 3 is 2.59 bits per heavy atom. The number of aromatic nitrogens is 1. The molecule has 0 aliphatic heterocycles. The largest absolute Gasteiger partial charge is 0.493 e. The standard InChI is InChI=1S/C22H29BrN2O2/c1-26-21-13-18(15-25-19-9-5-3-2-4-6-10-19)12-20(23)22(21)27-16-17-8-7-11-24-14-17/h7-8,11-14,19,25H,2-6,9-10,15-16H2,1H3. The lowest BCUT2D eigenvalue weighted by Gasteiger charge is -2.21. The molecule has 0 spiro atoms. The average Bonchev–Trinajstić information content (AvgIpc) is 2.66. The quantitative estimate of drug-likeness (QED) is 0.614. The van der Waals surface area contributed by atoms with Crippen LogP contribution in [0.3, 0.4) is 0 Å². The second-order valence-corrected chi connectivity index (χ2v) is 8.04. The number of methoxy groups -OCH3 is 1. The topological polar surface area (TPSA) is 43.4 Å². The number of halogens is 1. The molecule has 27 heavy (non-hydrogen) atoms. The third-order valence-corrected chi connectivity index (χ3v) is 5.68. The van der Waals surface area contributed by atoms with Crippen molar-refractivity contribution in [3.63, 3.8) is 0 Å². The third-order valence-electron chi connectivity index (χ3n) is 5.10. The Hall–Kier alpha value is -1.59. The van der Waals surface area contributed by atoms with E-state index in [0.717, 1.165) is 28.1 Å². The SMILES string of the molecule is COc1cc(CNC2CCCCCCC2)cc(Br)c1OCc1cccnc1. The lowest BCUT2D eigenvalue weighted by molar-refractivity contribution is 0.282. The molecule has 0 atom stereocenters. The van der Waals surface area contributed by atoms with E-state index in [-0.39, 0.29) is 0 Å². The highest BCUT2D eigenvalue weighted by atomic mass is 79.9. The fraction of sp³-hybridized carbons (Fsp3) is 0.500. The van der Waals surface area contributed by atoms with E-state index in [0.29, 0.717) is 12.6 Å². The van der Waals surface area contributed by atoms with Crippen LogP contribution in [0.4, 0.5) is 0 Å². The van der Waals surface area contributed by atoms with Crippen LogP contribution in [0.5, 0.6) is 11.5 Å². The summed E-state index contributed by atoms with van der Waals surface area (Å²) in [4.78, 5) is 4.13. The Bertz CT molecular complexity index is 701. The summed E-state index contributed by atoms with van der Waals surface area (Å²) >= 11 is 3.65. The van der Waals surface area contributed by atoms with Gasteiger partial charge in [0.25, 0.3) is 0 Å². The summed E-state index contributed by atoms with van der Waals surface area (Å²) in [7, 11) is 1.69. The Morgan fingerprint density at radius 1 is 1.11 bits per heavy atom. The highest BCUT2D eigenvalue weighted by Crippen LogP contribution is 2.37. The zero-order valence-electron chi connectivity index (χ0n) is 16.0. The van der Waals surface area contributed by atoms with E-state index in [1.54, 1.807) is 13.3 Å². The fourth-order valence-corrected chi connectivity index (χ4v) is 4.18. The highest BCUT2D eigenvalue weighted by Gasteiger charge is 2.14. The maximum absolute atomic E-state index is 5.99. The van der Waals surface area contributed by atoms with Crippen molar-refractivity contribution < 1.29 is 9.47 Å². The van der Waals surface area contributed by atoms with E-state index < -0.39 is 0 Å². The monoisotopic (exact) mass is 432 g/mol. The molecule has 0 bridgehead atoms. The molecule has 1 heterocycles. The zero-order chi connectivity index (χ0) is 18.9. The van der Waals surface area contributed by atoms with Gasteiger partial charge in [-0.3, -0.25) is 4.98 Å². The molecular formula is C22H29BrN2O2. The Balaban J connectivity index is 1.62. The van der Waals surface area contributed by atoms with Crippen LogP contribution in [0, 0.1) is 0 Å². The highest BCUT2D eigenvalue weighted by molar-refractivity contribution is 9.10. The maximum Gasteiger partial charge on any atom is 0.175 e. The summed E-state index contributed by atoms with van der Waals surface area (Å²) in [5.41, 5.74) is 2.23. The number of pyridine rings is 1. The molecule has 0 saturated heterocycles. The van der Waals surface area contributed by atoms with Crippen LogP contribution < -0.4 is 14.8 Å². The molecular weight excluding hydrogens is 404 g/mol. The predicted molar refractivity (Wildman–Crippen MR) is 112 cm³/mol. The van der Waals surface area contributed by atoms with Gasteiger partial charge in [0.15, 0.2) is 11.5 Å². The van der Waals surface area contributed by atoms with Crippen LogP contribution in [0.15, 0.2) is 41.1 Å². The van der Waals surface area contributed by atoms with Gasteiger partial charge < -0.3 is 14.8 Å². The van der Waals surface area contributed by atoms with E-state index in [4.69, 9.17) is 9.47 Å². The van der Waals surface area contributed by atoms with E-state index in [1.165, 1.54) is 50.5 Å². The van der Waals surface area contributed by atoms with E-state index in [9.17, 15) is 0 Å². The minimum atomic E-state index is 0.461.